The zero-order valence-electron chi connectivity index (χ0n) is 16.7. The molecule has 5 rings (SSSR count). The number of sulfonamides is 1. The van der Waals surface area contributed by atoms with E-state index in [0.717, 1.165) is 10.8 Å². The summed E-state index contributed by atoms with van der Waals surface area (Å²) < 4.78 is 35.6. The molecular weight excluding hydrogens is 414 g/mol. The molecule has 9 heteroatoms. The van der Waals surface area contributed by atoms with Crippen molar-refractivity contribution < 1.29 is 13.2 Å². The number of fused-ring (bicyclic) bond motifs is 1. The smallest absolute Gasteiger partial charge is 0.243 e. The molecule has 3 heterocycles. The van der Waals surface area contributed by atoms with Crippen LogP contribution in [0.4, 0.5) is 0 Å². The van der Waals surface area contributed by atoms with Crippen LogP contribution in [0.5, 0.6) is 5.88 Å². The fourth-order valence-electron chi connectivity index (χ4n) is 3.82. The number of rotatable bonds is 5. The maximum absolute atomic E-state index is 13.3. The van der Waals surface area contributed by atoms with Crippen LogP contribution in [0, 0.1) is 0 Å². The molecule has 1 fully saturated rings. The monoisotopic (exact) mass is 435 g/mol. The molecule has 0 saturated carbocycles. The molecule has 0 spiro atoms. The molecule has 2 aromatic carbocycles. The van der Waals surface area contributed by atoms with Crippen molar-refractivity contribution in [3.8, 4) is 11.7 Å². The minimum absolute atomic E-state index is 0.108. The Kier molecular flexibility index (Phi) is 5.13. The summed E-state index contributed by atoms with van der Waals surface area (Å²) in [7, 11) is -3.58. The third-order valence-electron chi connectivity index (χ3n) is 5.42. The van der Waals surface area contributed by atoms with Gasteiger partial charge in [0.05, 0.1) is 4.90 Å². The zero-order chi connectivity index (χ0) is 21.3. The summed E-state index contributed by atoms with van der Waals surface area (Å²) in [5, 5.41) is 14.0. The molecule has 2 aromatic heterocycles. The molecule has 0 N–H and O–H groups in total. The molecule has 0 bridgehead atoms. The third-order valence-corrected chi connectivity index (χ3v) is 7.38. The Morgan fingerprint density at radius 2 is 1.71 bits per heavy atom. The molecule has 0 aliphatic carbocycles. The van der Waals surface area contributed by atoms with Crippen molar-refractivity contribution in [2.45, 2.75) is 23.8 Å². The van der Waals surface area contributed by atoms with E-state index in [1.807, 2.05) is 36.4 Å². The Bertz CT molecular complexity index is 1280. The predicted octanol–water partition coefficient (Wildman–Crippen LogP) is 3.05. The lowest BCUT2D eigenvalue weighted by molar-refractivity contribution is 0.128. The Hall–Kier alpha value is -3.30. The summed E-state index contributed by atoms with van der Waals surface area (Å²) in [4.78, 5) is 0.352. The van der Waals surface area contributed by atoms with Gasteiger partial charge in [-0.3, -0.25) is 0 Å². The molecule has 1 saturated heterocycles. The first-order valence-electron chi connectivity index (χ1n) is 10.1. The molecule has 8 nitrogen and oxygen atoms in total. The highest BCUT2D eigenvalue weighted by molar-refractivity contribution is 7.89. The van der Waals surface area contributed by atoms with Gasteiger partial charge in [0.2, 0.25) is 15.9 Å². The van der Waals surface area contributed by atoms with Crippen LogP contribution >= 0.6 is 0 Å². The van der Waals surface area contributed by atoms with Gasteiger partial charge in [0, 0.05) is 36.9 Å². The van der Waals surface area contributed by atoms with E-state index in [1.165, 1.54) is 0 Å². The summed E-state index contributed by atoms with van der Waals surface area (Å²) in [5.74, 6) is 1.03. The van der Waals surface area contributed by atoms with Crippen molar-refractivity contribution in [1.29, 1.82) is 0 Å². The number of piperidine rings is 1. The van der Waals surface area contributed by atoms with Crippen LogP contribution in [0.15, 0.2) is 78.0 Å². The molecule has 1 aliphatic rings. The van der Waals surface area contributed by atoms with E-state index in [9.17, 15) is 8.42 Å². The van der Waals surface area contributed by atoms with E-state index in [-0.39, 0.29) is 6.10 Å². The van der Waals surface area contributed by atoms with E-state index in [1.54, 1.807) is 45.6 Å². The number of ether oxygens (including phenoxy) is 1. The highest BCUT2D eigenvalue weighted by Gasteiger charge is 2.31. The molecule has 1 aliphatic heterocycles. The van der Waals surface area contributed by atoms with Crippen molar-refractivity contribution in [2.24, 2.45) is 0 Å². The molecule has 0 unspecified atom stereocenters. The minimum atomic E-state index is -3.58. The number of nitrogens with zero attached hydrogens (tertiary/aromatic N) is 5. The predicted molar refractivity (Wildman–Crippen MR) is 116 cm³/mol. The summed E-state index contributed by atoms with van der Waals surface area (Å²) >= 11 is 0. The van der Waals surface area contributed by atoms with Crippen LogP contribution in [0.2, 0.25) is 0 Å². The third kappa shape index (κ3) is 3.89. The van der Waals surface area contributed by atoms with Crippen LogP contribution in [0.1, 0.15) is 12.8 Å². The number of hydrogen-bond acceptors (Lipinski definition) is 6. The molecule has 158 valence electrons. The topological polar surface area (TPSA) is 90.2 Å². The van der Waals surface area contributed by atoms with Crippen molar-refractivity contribution in [3.05, 3.63) is 73.1 Å². The van der Waals surface area contributed by atoms with Gasteiger partial charge in [-0.2, -0.15) is 9.40 Å². The Morgan fingerprint density at radius 1 is 0.903 bits per heavy atom. The van der Waals surface area contributed by atoms with Gasteiger partial charge in [-0.25, -0.2) is 13.1 Å². The maximum atomic E-state index is 13.3. The highest BCUT2D eigenvalue weighted by Crippen LogP contribution is 2.28. The van der Waals surface area contributed by atoms with Crippen molar-refractivity contribution in [2.75, 3.05) is 13.1 Å². The van der Waals surface area contributed by atoms with Crippen LogP contribution < -0.4 is 4.74 Å². The second kappa shape index (κ2) is 8.09. The van der Waals surface area contributed by atoms with E-state index in [4.69, 9.17) is 4.74 Å². The number of benzene rings is 2. The van der Waals surface area contributed by atoms with E-state index in [0.29, 0.717) is 42.5 Å². The van der Waals surface area contributed by atoms with Crippen LogP contribution in [0.3, 0.4) is 0 Å². The van der Waals surface area contributed by atoms with Gasteiger partial charge >= 0.3 is 0 Å². The quantitative estimate of drug-likeness (QED) is 0.479. The standard InChI is InChI=1S/C22H21N5O3S/c28-31(29,20-8-3-6-17-5-1-2-7-19(17)20)26-15-11-18(12-16-26)30-22-10-9-21(24-25-22)27-14-4-13-23-27/h1-10,13-14,18H,11-12,15-16H2. The van der Waals surface area contributed by atoms with Gasteiger partial charge in [0.25, 0.3) is 0 Å². The molecule has 31 heavy (non-hydrogen) atoms. The van der Waals surface area contributed by atoms with Gasteiger partial charge in [-0.15, -0.1) is 10.2 Å². The van der Waals surface area contributed by atoms with Crippen molar-refractivity contribution >= 4 is 20.8 Å². The fraction of sp³-hybridized carbons (Fsp3) is 0.227. The maximum Gasteiger partial charge on any atom is 0.243 e. The molecule has 0 radical (unpaired) electrons. The first-order chi connectivity index (χ1) is 15.1. The molecule has 4 aromatic rings. The summed E-state index contributed by atoms with van der Waals surface area (Å²) in [5.41, 5.74) is 0. The van der Waals surface area contributed by atoms with E-state index in [2.05, 4.69) is 15.3 Å². The first-order valence-corrected chi connectivity index (χ1v) is 11.5. The van der Waals surface area contributed by atoms with Crippen LogP contribution in [0.25, 0.3) is 16.6 Å². The Morgan fingerprint density at radius 3 is 2.45 bits per heavy atom. The molecular formula is C22H21N5O3S. The van der Waals surface area contributed by atoms with Gasteiger partial charge in [-0.05, 0) is 36.4 Å². The zero-order valence-corrected chi connectivity index (χ0v) is 17.5. The van der Waals surface area contributed by atoms with Gasteiger partial charge < -0.3 is 4.74 Å². The second-order valence-electron chi connectivity index (χ2n) is 7.38. The SMILES string of the molecule is O=S(=O)(c1cccc2ccccc12)N1CCC(Oc2ccc(-n3cccn3)nn2)CC1. The lowest BCUT2D eigenvalue weighted by Crippen LogP contribution is -2.41. The second-order valence-corrected chi connectivity index (χ2v) is 9.29. The normalized spacial score (nSPS) is 15.9. The lowest BCUT2D eigenvalue weighted by atomic mass is 10.1. The summed E-state index contributed by atoms with van der Waals surface area (Å²) in [6, 6.07) is 18.3. The minimum Gasteiger partial charge on any atom is -0.473 e. The molecule has 0 atom stereocenters. The van der Waals surface area contributed by atoms with Crippen LogP contribution in [-0.2, 0) is 10.0 Å². The Balaban J connectivity index is 1.26. The first kappa shape index (κ1) is 19.7. The van der Waals surface area contributed by atoms with Crippen molar-refractivity contribution in [3.63, 3.8) is 0 Å². The van der Waals surface area contributed by atoms with Gasteiger partial charge in [0.15, 0.2) is 5.82 Å². The van der Waals surface area contributed by atoms with Gasteiger partial charge in [0.1, 0.15) is 6.10 Å². The molecule has 0 amide bonds. The number of aromatic nitrogens is 4. The van der Waals surface area contributed by atoms with Gasteiger partial charge in [-0.1, -0.05) is 36.4 Å². The Labute approximate surface area is 180 Å². The average molecular weight is 436 g/mol. The number of hydrogen-bond donors (Lipinski definition) is 0. The fourth-order valence-corrected chi connectivity index (χ4v) is 5.51. The van der Waals surface area contributed by atoms with Crippen molar-refractivity contribution in [1.82, 2.24) is 24.3 Å². The van der Waals surface area contributed by atoms with E-state index >= 15 is 0 Å². The van der Waals surface area contributed by atoms with E-state index < -0.39 is 10.0 Å². The largest absolute Gasteiger partial charge is 0.473 e. The average Bonchev–Trinajstić information content (AvgIpc) is 3.35. The summed E-state index contributed by atoms with van der Waals surface area (Å²) in [6.45, 7) is 0.796. The highest BCUT2D eigenvalue weighted by atomic mass is 32.2. The summed E-state index contributed by atoms with van der Waals surface area (Å²) in [6.07, 6.45) is 4.53. The lowest BCUT2D eigenvalue weighted by Gasteiger charge is -2.31. The van der Waals surface area contributed by atoms with Crippen LogP contribution in [-0.4, -0.2) is 51.9 Å².